The summed E-state index contributed by atoms with van der Waals surface area (Å²) < 4.78 is 7.22. The molecule has 2 N–H and O–H groups in total. The highest BCUT2D eigenvalue weighted by atomic mass is 35.5. The minimum Gasteiger partial charge on any atom is -0.431 e. The highest BCUT2D eigenvalue weighted by molar-refractivity contribution is 6.32. The highest BCUT2D eigenvalue weighted by Gasteiger charge is 2.38. The lowest BCUT2D eigenvalue weighted by molar-refractivity contribution is 0.0645. The Morgan fingerprint density at radius 1 is 1.45 bits per heavy atom. The summed E-state index contributed by atoms with van der Waals surface area (Å²) in [5, 5.41) is 14.3. The van der Waals surface area contributed by atoms with Gasteiger partial charge in [-0.3, -0.25) is 4.79 Å². The van der Waals surface area contributed by atoms with Crippen molar-refractivity contribution in [1.82, 2.24) is 29.5 Å². The molecule has 29 heavy (non-hydrogen) atoms. The second-order valence-corrected chi connectivity index (χ2v) is 7.26. The van der Waals surface area contributed by atoms with Gasteiger partial charge in [0.05, 0.1) is 23.2 Å². The van der Waals surface area contributed by atoms with Crippen molar-refractivity contribution in [1.29, 1.82) is 0 Å². The summed E-state index contributed by atoms with van der Waals surface area (Å²) in [5.74, 6) is -0.527. The zero-order valence-electron chi connectivity index (χ0n) is 15.4. The molecule has 0 fully saturated rings. The normalized spacial score (nSPS) is 17.5. The monoisotopic (exact) mass is 412 g/mol. The van der Waals surface area contributed by atoms with Crippen molar-refractivity contribution in [3.63, 3.8) is 0 Å². The van der Waals surface area contributed by atoms with E-state index in [4.69, 9.17) is 16.0 Å². The summed E-state index contributed by atoms with van der Waals surface area (Å²) in [6.07, 6.45) is 3.11. The number of aromatic nitrogens is 5. The van der Waals surface area contributed by atoms with Gasteiger partial charge >= 0.3 is 0 Å². The number of fused-ring (bicyclic) bond motifs is 2. The lowest BCUT2D eigenvalue weighted by Gasteiger charge is -2.33. The molecule has 0 bridgehead atoms. The average molecular weight is 413 g/mol. The van der Waals surface area contributed by atoms with E-state index in [1.54, 1.807) is 15.7 Å². The summed E-state index contributed by atoms with van der Waals surface area (Å²) in [6.45, 7) is 1.92. The number of rotatable bonds is 3. The molecule has 1 aliphatic heterocycles. The van der Waals surface area contributed by atoms with Crippen molar-refractivity contribution in [3.8, 4) is 0 Å². The van der Waals surface area contributed by atoms with Gasteiger partial charge in [-0.05, 0) is 25.1 Å². The summed E-state index contributed by atoms with van der Waals surface area (Å²) in [7, 11) is 0. The van der Waals surface area contributed by atoms with Crippen molar-refractivity contribution < 1.29 is 14.3 Å². The molecule has 0 aliphatic carbocycles. The van der Waals surface area contributed by atoms with Gasteiger partial charge in [-0.25, -0.2) is 9.50 Å². The number of oxazole rings is 1. The number of aliphatic hydroxyl groups is 1. The Morgan fingerprint density at radius 3 is 3.07 bits per heavy atom. The van der Waals surface area contributed by atoms with Crippen LogP contribution in [-0.4, -0.2) is 47.0 Å². The molecule has 5 rings (SSSR count). The first-order valence-corrected chi connectivity index (χ1v) is 9.52. The van der Waals surface area contributed by atoms with Crippen molar-refractivity contribution >= 4 is 23.0 Å². The van der Waals surface area contributed by atoms with Gasteiger partial charge in [-0.15, -0.1) is 0 Å². The maximum Gasteiger partial charge on any atom is 0.293 e. The third-order valence-corrected chi connectivity index (χ3v) is 5.27. The molecular formula is C19H17ClN6O3. The summed E-state index contributed by atoms with van der Waals surface area (Å²) in [4.78, 5) is 26.5. The number of pyridine rings is 1. The van der Waals surface area contributed by atoms with E-state index in [9.17, 15) is 9.90 Å². The van der Waals surface area contributed by atoms with E-state index in [1.165, 1.54) is 6.92 Å². The standard InChI is InChI=1S/C19H17ClN6O3/c1-10(27)18-23-17(20)16(29-18)19(28)25-7-5-12-14(22-9-21-12)15(25)13-8-11-4-2-3-6-26(11)24-13/h2-4,6,8-10,15,27H,5,7H2,1H3,(H,21,22)/t10?,15-/m0/s1. The number of aliphatic hydroxyl groups excluding tert-OH is 1. The number of nitrogens with zero attached hydrogens (tertiary/aromatic N) is 5. The number of amides is 1. The van der Waals surface area contributed by atoms with E-state index in [0.717, 1.165) is 16.9 Å². The second-order valence-electron chi connectivity index (χ2n) is 6.90. The predicted molar refractivity (Wildman–Crippen MR) is 103 cm³/mol. The van der Waals surface area contributed by atoms with Crippen molar-refractivity contribution in [3.05, 3.63) is 70.7 Å². The Bertz CT molecular complexity index is 1180. The first-order chi connectivity index (χ1) is 14.0. The maximum atomic E-state index is 13.3. The van der Waals surface area contributed by atoms with Gasteiger partial charge in [0, 0.05) is 24.9 Å². The molecule has 1 amide bonds. The van der Waals surface area contributed by atoms with Crippen molar-refractivity contribution in [2.24, 2.45) is 0 Å². The fraction of sp³-hybridized carbons (Fsp3) is 0.263. The number of H-pyrrole nitrogens is 1. The van der Waals surface area contributed by atoms with Crippen LogP contribution in [0.2, 0.25) is 5.15 Å². The topological polar surface area (TPSA) is 113 Å². The van der Waals surface area contributed by atoms with Crippen LogP contribution in [0.15, 0.2) is 41.2 Å². The zero-order valence-corrected chi connectivity index (χ0v) is 16.2. The summed E-state index contributed by atoms with van der Waals surface area (Å²) >= 11 is 6.14. The molecule has 0 saturated carbocycles. The van der Waals surface area contributed by atoms with E-state index < -0.39 is 18.1 Å². The highest BCUT2D eigenvalue weighted by Crippen LogP contribution is 2.35. The van der Waals surface area contributed by atoms with Gasteiger partial charge in [-0.1, -0.05) is 17.7 Å². The minimum absolute atomic E-state index is 0.0000908. The molecule has 148 valence electrons. The van der Waals surface area contributed by atoms with Crippen LogP contribution in [0.25, 0.3) is 5.52 Å². The molecule has 5 heterocycles. The van der Waals surface area contributed by atoms with E-state index in [1.807, 2.05) is 30.5 Å². The lowest BCUT2D eigenvalue weighted by Crippen LogP contribution is -2.41. The number of aromatic amines is 1. The van der Waals surface area contributed by atoms with Crippen LogP contribution in [0, 0.1) is 0 Å². The number of hydrogen-bond acceptors (Lipinski definition) is 6. The molecule has 0 radical (unpaired) electrons. The Kier molecular flexibility index (Phi) is 4.14. The fourth-order valence-electron chi connectivity index (χ4n) is 3.64. The summed E-state index contributed by atoms with van der Waals surface area (Å²) in [5.41, 5.74) is 3.29. The molecule has 2 atom stereocenters. The van der Waals surface area contributed by atoms with Crippen LogP contribution < -0.4 is 0 Å². The molecule has 10 heteroatoms. The number of carbonyl (C=O) groups is 1. The van der Waals surface area contributed by atoms with Crippen molar-refractivity contribution in [2.45, 2.75) is 25.5 Å². The maximum absolute atomic E-state index is 13.3. The third kappa shape index (κ3) is 2.90. The van der Waals surface area contributed by atoms with E-state index in [0.29, 0.717) is 18.7 Å². The number of nitrogens with one attached hydrogen (secondary N) is 1. The number of carbonyl (C=O) groups excluding carboxylic acids is 1. The SMILES string of the molecule is CC(O)c1nc(Cl)c(C(=O)N2CCc3[nH]cnc3[C@@H]2c2cc3ccccn3n2)o1. The van der Waals surface area contributed by atoms with Gasteiger partial charge in [-0.2, -0.15) is 10.1 Å². The largest absolute Gasteiger partial charge is 0.431 e. The zero-order chi connectivity index (χ0) is 20.1. The minimum atomic E-state index is -0.970. The third-order valence-electron chi connectivity index (χ3n) is 5.01. The average Bonchev–Trinajstić information content (AvgIpc) is 3.43. The van der Waals surface area contributed by atoms with Gasteiger partial charge in [0.25, 0.3) is 5.91 Å². The van der Waals surface area contributed by atoms with Crippen LogP contribution in [0.4, 0.5) is 0 Å². The van der Waals surface area contributed by atoms with Gasteiger partial charge in [0.2, 0.25) is 11.7 Å². The lowest BCUT2D eigenvalue weighted by atomic mass is 9.99. The van der Waals surface area contributed by atoms with Crippen LogP contribution in [0.3, 0.4) is 0 Å². The van der Waals surface area contributed by atoms with Crippen LogP contribution in [-0.2, 0) is 6.42 Å². The quantitative estimate of drug-likeness (QED) is 0.534. The molecule has 4 aromatic rings. The molecule has 1 unspecified atom stereocenters. The Morgan fingerprint density at radius 2 is 2.31 bits per heavy atom. The summed E-state index contributed by atoms with van der Waals surface area (Å²) in [6, 6.07) is 7.18. The van der Waals surface area contributed by atoms with Gasteiger partial charge in [0.1, 0.15) is 12.1 Å². The first-order valence-electron chi connectivity index (χ1n) is 9.14. The molecule has 0 spiro atoms. The van der Waals surface area contributed by atoms with Crippen LogP contribution >= 0.6 is 11.6 Å². The molecule has 1 aliphatic rings. The van der Waals surface area contributed by atoms with Crippen molar-refractivity contribution in [2.75, 3.05) is 6.54 Å². The number of hydrogen-bond donors (Lipinski definition) is 2. The van der Waals surface area contributed by atoms with E-state index in [-0.39, 0.29) is 16.8 Å². The van der Waals surface area contributed by atoms with E-state index in [2.05, 4.69) is 20.1 Å². The smallest absolute Gasteiger partial charge is 0.293 e. The van der Waals surface area contributed by atoms with Gasteiger partial charge < -0.3 is 19.4 Å². The molecule has 0 saturated heterocycles. The first kappa shape index (κ1) is 17.9. The molecule has 4 aromatic heterocycles. The fourth-order valence-corrected chi connectivity index (χ4v) is 3.85. The van der Waals surface area contributed by atoms with Crippen LogP contribution in [0.1, 0.15) is 52.6 Å². The van der Waals surface area contributed by atoms with E-state index >= 15 is 0 Å². The van der Waals surface area contributed by atoms with Gasteiger partial charge in [0.15, 0.2) is 5.15 Å². The molecule has 0 aromatic carbocycles. The molecule has 9 nitrogen and oxygen atoms in total. The Labute approximate surface area is 169 Å². The van der Waals surface area contributed by atoms with Crippen LogP contribution in [0.5, 0.6) is 0 Å². The number of halogens is 1. The number of imidazole rings is 1. The second kappa shape index (κ2) is 6.71. The molecular weight excluding hydrogens is 396 g/mol. The Hall–Kier alpha value is -3.17. The predicted octanol–water partition coefficient (Wildman–Crippen LogP) is 2.54. The Balaban J connectivity index is 1.60.